The zero-order valence-electron chi connectivity index (χ0n) is 9.77. The van der Waals surface area contributed by atoms with E-state index in [9.17, 15) is 0 Å². The van der Waals surface area contributed by atoms with E-state index in [4.69, 9.17) is 4.74 Å². The molecule has 0 amide bonds. The van der Waals surface area contributed by atoms with Crippen LogP contribution in [0.15, 0.2) is 0 Å². The highest BCUT2D eigenvalue weighted by Crippen LogP contribution is 2.41. The Labute approximate surface area is 88.4 Å². The van der Waals surface area contributed by atoms with Crippen molar-refractivity contribution in [2.75, 3.05) is 26.8 Å². The molecule has 0 radical (unpaired) electrons. The molecule has 1 aliphatic carbocycles. The van der Waals surface area contributed by atoms with Crippen LogP contribution in [-0.4, -0.2) is 26.8 Å². The minimum Gasteiger partial charge on any atom is -0.383 e. The molecule has 0 saturated heterocycles. The molecular weight excluding hydrogens is 174 g/mol. The van der Waals surface area contributed by atoms with E-state index >= 15 is 0 Å². The average molecular weight is 199 g/mol. The average Bonchev–Trinajstić information content (AvgIpc) is 2.63. The standard InChI is InChI=1S/C12H25NO/c1-3-6-12(7-4-5-8-12)11-13-9-10-14-2/h13H,3-11H2,1-2H3. The first-order valence-corrected chi connectivity index (χ1v) is 6.03. The van der Waals surface area contributed by atoms with Gasteiger partial charge in [-0.15, -0.1) is 0 Å². The first kappa shape index (κ1) is 12.0. The van der Waals surface area contributed by atoms with Crippen LogP contribution < -0.4 is 5.32 Å². The molecule has 14 heavy (non-hydrogen) atoms. The van der Waals surface area contributed by atoms with Crippen LogP contribution in [-0.2, 0) is 4.74 Å². The molecule has 1 rings (SSSR count). The summed E-state index contributed by atoms with van der Waals surface area (Å²) in [6, 6.07) is 0. The van der Waals surface area contributed by atoms with E-state index in [0.29, 0.717) is 5.41 Å². The SMILES string of the molecule is CCCC1(CNCCOC)CCCC1. The minimum atomic E-state index is 0.627. The van der Waals surface area contributed by atoms with E-state index in [1.807, 2.05) is 0 Å². The Balaban J connectivity index is 2.21. The number of ether oxygens (including phenoxy) is 1. The second-order valence-corrected chi connectivity index (χ2v) is 4.63. The van der Waals surface area contributed by atoms with E-state index in [2.05, 4.69) is 12.2 Å². The van der Waals surface area contributed by atoms with Crippen molar-refractivity contribution in [3.63, 3.8) is 0 Å². The van der Waals surface area contributed by atoms with Gasteiger partial charge >= 0.3 is 0 Å². The highest BCUT2D eigenvalue weighted by molar-refractivity contribution is 4.86. The highest BCUT2D eigenvalue weighted by atomic mass is 16.5. The lowest BCUT2D eigenvalue weighted by Gasteiger charge is -2.29. The Morgan fingerprint density at radius 2 is 2.00 bits per heavy atom. The van der Waals surface area contributed by atoms with E-state index in [1.165, 1.54) is 45.1 Å². The molecule has 0 atom stereocenters. The van der Waals surface area contributed by atoms with Crippen molar-refractivity contribution in [2.45, 2.75) is 45.4 Å². The Hall–Kier alpha value is -0.0800. The van der Waals surface area contributed by atoms with Gasteiger partial charge in [0, 0.05) is 20.2 Å². The summed E-state index contributed by atoms with van der Waals surface area (Å²) in [6.45, 7) is 5.34. The fourth-order valence-electron chi connectivity index (χ4n) is 2.70. The van der Waals surface area contributed by atoms with Crippen molar-refractivity contribution in [1.82, 2.24) is 5.32 Å². The molecule has 1 N–H and O–H groups in total. The van der Waals surface area contributed by atoms with Crippen LogP contribution in [0, 0.1) is 5.41 Å². The maximum absolute atomic E-state index is 5.04. The quantitative estimate of drug-likeness (QED) is 0.636. The van der Waals surface area contributed by atoms with Gasteiger partial charge in [0.25, 0.3) is 0 Å². The topological polar surface area (TPSA) is 21.3 Å². The molecule has 1 aliphatic rings. The summed E-state index contributed by atoms with van der Waals surface area (Å²) in [7, 11) is 1.76. The van der Waals surface area contributed by atoms with E-state index in [1.54, 1.807) is 7.11 Å². The first-order valence-electron chi connectivity index (χ1n) is 6.03. The molecule has 0 aromatic carbocycles. The number of hydrogen-bond acceptors (Lipinski definition) is 2. The van der Waals surface area contributed by atoms with Crippen molar-refractivity contribution in [1.29, 1.82) is 0 Å². The molecule has 2 nitrogen and oxygen atoms in total. The number of methoxy groups -OCH3 is 1. The predicted molar refractivity (Wildman–Crippen MR) is 60.6 cm³/mol. The van der Waals surface area contributed by atoms with E-state index in [-0.39, 0.29) is 0 Å². The predicted octanol–water partition coefficient (Wildman–Crippen LogP) is 2.58. The molecule has 0 spiro atoms. The second-order valence-electron chi connectivity index (χ2n) is 4.63. The summed E-state index contributed by atoms with van der Waals surface area (Å²) < 4.78 is 5.04. The molecule has 84 valence electrons. The molecular formula is C12H25NO. The maximum Gasteiger partial charge on any atom is 0.0587 e. The first-order chi connectivity index (χ1) is 6.83. The minimum absolute atomic E-state index is 0.627. The third kappa shape index (κ3) is 3.58. The molecule has 0 aromatic rings. The smallest absolute Gasteiger partial charge is 0.0587 e. The molecule has 1 fully saturated rings. The number of rotatable bonds is 7. The van der Waals surface area contributed by atoms with Crippen LogP contribution in [0.5, 0.6) is 0 Å². The molecule has 2 heteroatoms. The molecule has 0 aliphatic heterocycles. The Bertz CT molecular complexity index is 141. The lowest BCUT2D eigenvalue weighted by molar-refractivity contribution is 0.187. The molecule has 0 unspecified atom stereocenters. The number of nitrogens with one attached hydrogen (secondary N) is 1. The molecule has 0 heterocycles. The van der Waals surface area contributed by atoms with Gasteiger partial charge in [-0.1, -0.05) is 26.2 Å². The van der Waals surface area contributed by atoms with Gasteiger partial charge < -0.3 is 10.1 Å². The van der Waals surface area contributed by atoms with E-state index in [0.717, 1.165) is 13.2 Å². The zero-order valence-corrected chi connectivity index (χ0v) is 9.77. The van der Waals surface area contributed by atoms with Gasteiger partial charge in [0.1, 0.15) is 0 Å². The summed E-state index contributed by atoms with van der Waals surface area (Å²) in [6.07, 6.45) is 8.46. The summed E-state index contributed by atoms with van der Waals surface area (Å²) in [4.78, 5) is 0. The lowest BCUT2D eigenvalue weighted by Crippen LogP contribution is -2.33. The van der Waals surface area contributed by atoms with Crippen LogP contribution in [0.2, 0.25) is 0 Å². The fourth-order valence-corrected chi connectivity index (χ4v) is 2.70. The van der Waals surface area contributed by atoms with Crippen LogP contribution >= 0.6 is 0 Å². The van der Waals surface area contributed by atoms with Gasteiger partial charge in [0.05, 0.1) is 6.61 Å². The largest absolute Gasteiger partial charge is 0.383 e. The fraction of sp³-hybridized carbons (Fsp3) is 1.00. The van der Waals surface area contributed by atoms with Crippen molar-refractivity contribution < 1.29 is 4.74 Å². The van der Waals surface area contributed by atoms with Crippen molar-refractivity contribution in [3.05, 3.63) is 0 Å². The second kappa shape index (κ2) is 6.41. The van der Waals surface area contributed by atoms with Gasteiger partial charge in [0.15, 0.2) is 0 Å². The summed E-state index contributed by atoms with van der Waals surface area (Å²) in [5.41, 5.74) is 0.627. The summed E-state index contributed by atoms with van der Waals surface area (Å²) in [5.74, 6) is 0. The molecule has 0 bridgehead atoms. The van der Waals surface area contributed by atoms with Crippen LogP contribution in [0.25, 0.3) is 0 Å². The highest BCUT2D eigenvalue weighted by Gasteiger charge is 2.31. The Morgan fingerprint density at radius 3 is 2.57 bits per heavy atom. The van der Waals surface area contributed by atoms with Crippen LogP contribution in [0.1, 0.15) is 45.4 Å². The van der Waals surface area contributed by atoms with Gasteiger partial charge in [-0.3, -0.25) is 0 Å². The number of hydrogen-bond donors (Lipinski definition) is 1. The maximum atomic E-state index is 5.04. The van der Waals surface area contributed by atoms with Gasteiger partial charge in [-0.2, -0.15) is 0 Å². The molecule has 0 aromatic heterocycles. The van der Waals surface area contributed by atoms with Crippen molar-refractivity contribution in [2.24, 2.45) is 5.41 Å². The zero-order chi connectivity index (χ0) is 10.3. The van der Waals surface area contributed by atoms with Crippen LogP contribution in [0.3, 0.4) is 0 Å². The van der Waals surface area contributed by atoms with Gasteiger partial charge in [-0.25, -0.2) is 0 Å². The van der Waals surface area contributed by atoms with Crippen molar-refractivity contribution >= 4 is 0 Å². The van der Waals surface area contributed by atoms with Crippen LogP contribution in [0.4, 0.5) is 0 Å². The third-order valence-corrected chi connectivity index (χ3v) is 3.43. The molecule has 1 saturated carbocycles. The monoisotopic (exact) mass is 199 g/mol. The van der Waals surface area contributed by atoms with Gasteiger partial charge in [0.2, 0.25) is 0 Å². The summed E-state index contributed by atoms with van der Waals surface area (Å²) in [5, 5.41) is 3.53. The normalized spacial score (nSPS) is 20.1. The lowest BCUT2D eigenvalue weighted by atomic mass is 9.81. The van der Waals surface area contributed by atoms with Gasteiger partial charge in [-0.05, 0) is 24.7 Å². The van der Waals surface area contributed by atoms with E-state index < -0.39 is 0 Å². The Kier molecular flexibility index (Phi) is 5.49. The summed E-state index contributed by atoms with van der Waals surface area (Å²) >= 11 is 0. The third-order valence-electron chi connectivity index (χ3n) is 3.43. The van der Waals surface area contributed by atoms with Crippen molar-refractivity contribution in [3.8, 4) is 0 Å². The Morgan fingerprint density at radius 1 is 1.29 bits per heavy atom.